The van der Waals surface area contributed by atoms with Gasteiger partial charge in [-0.25, -0.2) is 0 Å². The van der Waals surface area contributed by atoms with Crippen molar-refractivity contribution in [3.8, 4) is 0 Å². The van der Waals surface area contributed by atoms with E-state index in [1.807, 2.05) is 0 Å². The van der Waals surface area contributed by atoms with Crippen LogP contribution in [0.4, 0.5) is 0 Å². The fourth-order valence-electron chi connectivity index (χ4n) is 0.731. The van der Waals surface area contributed by atoms with Gasteiger partial charge in [-0.15, -0.1) is 0 Å². The second kappa shape index (κ2) is 2.53. The lowest BCUT2D eigenvalue weighted by molar-refractivity contribution is 0.134. The summed E-state index contributed by atoms with van der Waals surface area (Å²) in [5, 5.41) is 0. The quantitative estimate of drug-likeness (QED) is 0.552. The highest BCUT2D eigenvalue weighted by molar-refractivity contribution is 9.11. The van der Waals surface area contributed by atoms with Gasteiger partial charge in [-0.2, -0.15) is 0 Å². The highest BCUT2D eigenvalue weighted by atomic mass is 79.9. The average molecular weight is 177 g/mol. The summed E-state index contributed by atoms with van der Waals surface area (Å²) in [5.74, 6) is 0. The summed E-state index contributed by atoms with van der Waals surface area (Å²) in [6.07, 6.45) is 4.74. The van der Waals surface area contributed by atoms with Crippen molar-refractivity contribution in [3.63, 3.8) is 0 Å². The van der Waals surface area contributed by atoms with Crippen molar-refractivity contribution in [1.29, 1.82) is 0 Å². The van der Waals surface area contributed by atoms with E-state index in [2.05, 4.69) is 28.9 Å². The number of ether oxygens (including phenoxy) is 1. The third-order valence-electron chi connectivity index (χ3n) is 1.19. The van der Waals surface area contributed by atoms with Crippen molar-refractivity contribution in [3.05, 3.63) is 10.7 Å². The second-order valence-electron chi connectivity index (χ2n) is 2.01. The van der Waals surface area contributed by atoms with Crippen LogP contribution >= 0.6 is 15.9 Å². The van der Waals surface area contributed by atoms with Crippen LogP contribution in [0.25, 0.3) is 0 Å². The molecule has 0 aromatic heterocycles. The summed E-state index contributed by atoms with van der Waals surface area (Å²) in [6, 6.07) is 0. The van der Waals surface area contributed by atoms with E-state index in [4.69, 9.17) is 4.74 Å². The third kappa shape index (κ3) is 1.51. The number of allylic oxidation sites excluding steroid dienone is 1. The molecule has 1 aliphatic rings. The maximum absolute atomic E-state index is 5.26. The lowest BCUT2D eigenvalue weighted by Crippen LogP contribution is -2.08. The first-order valence-corrected chi connectivity index (χ1v) is 3.60. The molecule has 1 aliphatic heterocycles. The summed E-state index contributed by atoms with van der Waals surface area (Å²) in [6.45, 7) is 2.08. The molecule has 0 saturated carbocycles. The van der Waals surface area contributed by atoms with E-state index >= 15 is 0 Å². The Morgan fingerprint density at radius 1 is 1.88 bits per heavy atom. The number of hydrogen-bond donors (Lipinski definition) is 0. The Balaban J connectivity index is 2.45. The normalized spacial score (nSPS) is 28.8. The molecule has 8 heavy (non-hydrogen) atoms. The van der Waals surface area contributed by atoms with Crippen LogP contribution in [0.15, 0.2) is 10.7 Å². The van der Waals surface area contributed by atoms with Gasteiger partial charge in [-0.1, -0.05) is 0 Å². The molecule has 0 bridgehead atoms. The topological polar surface area (TPSA) is 9.23 Å². The van der Waals surface area contributed by atoms with Gasteiger partial charge in [0.05, 0.1) is 6.10 Å². The van der Waals surface area contributed by atoms with Crippen LogP contribution in [0.2, 0.25) is 0 Å². The number of hydrogen-bond acceptors (Lipinski definition) is 1. The van der Waals surface area contributed by atoms with Crippen LogP contribution in [0.5, 0.6) is 0 Å². The molecule has 1 rings (SSSR count). The van der Waals surface area contributed by atoms with Gasteiger partial charge in [0, 0.05) is 0 Å². The van der Waals surface area contributed by atoms with Gasteiger partial charge in [-0.3, -0.25) is 0 Å². The Labute approximate surface area is 57.8 Å². The molecule has 0 N–H and O–H groups in total. The van der Waals surface area contributed by atoms with Gasteiger partial charge in [0.2, 0.25) is 0 Å². The van der Waals surface area contributed by atoms with Gasteiger partial charge in [0.25, 0.3) is 0 Å². The van der Waals surface area contributed by atoms with E-state index in [9.17, 15) is 0 Å². The molecule has 0 aromatic carbocycles. The molecule has 1 unspecified atom stereocenters. The van der Waals surface area contributed by atoms with Gasteiger partial charge >= 0.3 is 0 Å². The number of halogens is 1. The Morgan fingerprint density at radius 2 is 2.62 bits per heavy atom. The first-order chi connectivity index (χ1) is 3.79. The van der Waals surface area contributed by atoms with Crippen LogP contribution in [-0.4, -0.2) is 6.10 Å². The largest absolute Gasteiger partial charge is 0.484 e. The van der Waals surface area contributed by atoms with Crippen LogP contribution < -0.4 is 0 Å². The molecule has 0 radical (unpaired) electrons. The molecular weight excluding hydrogens is 168 g/mol. The van der Waals surface area contributed by atoms with Crippen molar-refractivity contribution in [1.82, 2.24) is 0 Å². The smallest absolute Gasteiger partial charge is 0.158 e. The molecule has 0 aliphatic carbocycles. The number of rotatable bonds is 0. The summed E-state index contributed by atoms with van der Waals surface area (Å²) in [4.78, 5) is 0. The molecule has 0 fully saturated rings. The van der Waals surface area contributed by atoms with E-state index in [0.29, 0.717) is 6.10 Å². The second-order valence-corrected chi connectivity index (χ2v) is 2.80. The molecular formula is C6H9BrO. The molecule has 1 atom stereocenters. The van der Waals surface area contributed by atoms with Crippen molar-refractivity contribution in [2.45, 2.75) is 25.9 Å². The minimum Gasteiger partial charge on any atom is -0.484 e. The molecule has 0 spiro atoms. The van der Waals surface area contributed by atoms with Crippen molar-refractivity contribution in [2.24, 2.45) is 0 Å². The van der Waals surface area contributed by atoms with Gasteiger partial charge in [0.1, 0.15) is 0 Å². The zero-order valence-electron chi connectivity index (χ0n) is 4.86. The maximum Gasteiger partial charge on any atom is 0.158 e. The minimum absolute atomic E-state index is 0.398. The first-order valence-electron chi connectivity index (χ1n) is 2.81. The Bertz CT molecular complexity index is 109. The lowest BCUT2D eigenvalue weighted by atomic mass is 10.2. The Morgan fingerprint density at radius 3 is 3.00 bits per heavy atom. The van der Waals surface area contributed by atoms with Crippen molar-refractivity contribution >= 4 is 15.9 Å². The van der Waals surface area contributed by atoms with Crippen LogP contribution in [0.3, 0.4) is 0 Å². The van der Waals surface area contributed by atoms with Crippen LogP contribution in [0, 0.1) is 0 Å². The highest BCUT2D eigenvalue weighted by Crippen LogP contribution is 2.19. The lowest BCUT2D eigenvalue weighted by Gasteiger charge is -2.16. The minimum atomic E-state index is 0.398. The van der Waals surface area contributed by atoms with E-state index in [1.165, 1.54) is 0 Å². The molecule has 0 aromatic rings. The highest BCUT2D eigenvalue weighted by Gasteiger charge is 2.07. The Kier molecular flexibility index (Phi) is 1.95. The summed E-state index contributed by atoms with van der Waals surface area (Å²) in [7, 11) is 0. The molecule has 46 valence electrons. The molecule has 1 nitrogen and oxygen atoms in total. The molecule has 0 amide bonds. The van der Waals surface area contributed by atoms with E-state index in [1.54, 1.807) is 0 Å². The summed E-state index contributed by atoms with van der Waals surface area (Å²) in [5.41, 5.74) is 0. The maximum atomic E-state index is 5.26. The third-order valence-corrected chi connectivity index (χ3v) is 1.70. The first kappa shape index (κ1) is 6.14. The standard InChI is InChI=1S/C6H9BrO/c1-5-3-2-4-6(7)8-5/h4-5H,2-3H2,1H3. The van der Waals surface area contributed by atoms with Gasteiger partial charge in [0.15, 0.2) is 4.67 Å². The van der Waals surface area contributed by atoms with Crippen molar-refractivity contribution in [2.75, 3.05) is 0 Å². The molecule has 1 heterocycles. The zero-order valence-corrected chi connectivity index (χ0v) is 6.44. The molecule has 2 heteroatoms. The van der Waals surface area contributed by atoms with E-state index in [-0.39, 0.29) is 0 Å². The van der Waals surface area contributed by atoms with Crippen molar-refractivity contribution < 1.29 is 4.74 Å². The summed E-state index contributed by atoms with van der Waals surface area (Å²) >= 11 is 3.27. The van der Waals surface area contributed by atoms with E-state index in [0.717, 1.165) is 17.5 Å². The van der Waals surface area contributed by atoms with E-state index < -0.39 is 0 Å². The monoisotopic (exact) mass is 176 g/mol. The Hall–Kier alpha value is 0.0200. The fraction of sp³-hybridized carbons (Fsp3) is 0.667. The predicted molar refractivity (Wildman–Crippen MR) is 36.8 cm³/mol. The SMILES string of the molecule is CC1CCC=C(Br)O1. The van der Waals surface area contributed by atoms with Crippen LogP contribution in [0.1, 0.15) is 19.8 Å². The molecule has 0 saturated heterocycles. The summed E-state index contributed by atoms with van der Waals surface area (Å²) < 4.78 is 6.16. The average Bonchev–Trinajstić information content (AvgIpc) is 1.64. The fourth-order valence-corrected chi connectivity index (χ4v) is 1.28. The zero-order chi connectivity index (χ0) is 5.98. The predicted octanol–water partition coefficient (Wildman–Crippen LogP) is 2.42. The van der Waals surface area contributed by atoms with Gasteiger partial charge < -0.3 is 4.74 Å². The van der Waals surface area contributed by atoms with Gasteiger partial charge in [-0.05, 0) is 41.8 Å². The van der Waals surface area contributed by atoms with Crippen LogP contribution in [-0.2, 0) is 4.74 Å².